The smallest absolute Gasteiger partial charge is 0.179 e. The number of rotatable bonds is 3. The third-order valence-electron chi connectivity index (χ3n) is 3.22. The minimum absolute atomic E-state index is 0.408. The maximum atomic E-state index is 5.43. The minimum Gasteiger partial charge on any atom is -0.329 e. The van der Waals surface area contributed by atoms with Gasteiger partial charge in [-0.1, -0.05) is 20.8 Å². The van der Waals surface area contributed by atoms with Crippen molar-refractivity contribution in [1.82, 2.24) is 14.5 Å². The highest BCUT2D eigenvalue weighted by atomic mass is 32.1. The van der Waals surface area contributed by atoms with Crippen LogP contribution < -0.4 is 0 Å². The van der Waals surface area contributed by atoms with E-state index in [1.165, 1.54) is 0 Å². The Hall–Kier alpha value is -1.16. The first-order chi connectivity index (χ1) is 8.04. The normalized spacial score (nSPS) is 13.5. The summed E-state index contributed by atoms with van der Waals surface area (Å²) in [6, 6.07) is 4.47. The molecule has 2 aromatic rings. The molecule has 0 aliphatic heterocycles. The number of aromatic nitrogens is 3. The Balaban J connectivity index is 2.70. The molecule has 0 aliphatic carbocycles. The Kier molecular flexibility index (Phi) is 3.33. The maximum absolute atomic E-state index is 5.43. The molecule has 0 saturated carbocycles. The third-order valence-corrected chi connectivity index (χ3v) is 3.52. The highest BCUT2D eigenvalue weighted by molar-refractivity contribution is 7.71. The summed E-state index contributed by atoms with van der Waals surface area (Å²) in [5.74, 6) is 0.549. The van der Waals surface area contributed by atoms with Crippen LogP contribution in [0.5, 0.6) is 0 Å². The van der Waals surface area contributed by atoms with Crippen molar-refractivity contribution in [2.75, 3.05) is 0 Å². The van der Waals surface area contributed by atoms with Crippen LogP contribution in [0.25, 0.3) is 11.2 Å². The van der Waals surface area contributed by atoms with E-state index in [4.69, 9.17) is 12.2 Å². The van der Waals surface area contributed by atoms with Gasteiger partial charge in [-0.2, -0.15) is 0 Å². The lowest BCUT2D eigenvalue weighted by Crippen LogP contribution is -2.15. The van der Waals surface area contributed by atoms with Crippen LogP contribution in [0.4, 0.5) is 0 Å². The first kappa shape index (κ1) is 12.3. The first-order valence-corrected chi connectivity index (χ1v) is 6.53. The average molecular weight is 249 g/mol. The quantitative estimate of drug-likeness (QED) is 0.834. The van der Waals surface area contributed by atoms with E-state index in [0.717, 1.165) is 28.0 Å². The van der Waals surface area contributed by atoms with Crippen LogP contribution in [0, 0.1) is 17.6 Å². The van der Waals surface area contributed by atoms with Gasteiger partial charge in [0, 0.05) is 11.7 Å². The molecule has 2 rings (SSSR count). The summed E-state index contributed by atoms with van der Waals surface area (Å²) < 4.78 is 2.95. The zero-order valence-corrected chi connectivity index (χ0v) is 11.6. The number of aromatic amines is 1. The van der Waals surface area contributed by atoms with Crippen LogP contribution in [0.15, 0.2) is 12.1 Å². The molecule has 0 aliphatic rings. The van der Waals surface area contributed by atoms with Crippen LogP contribution in [0.2, 0.25) is 0 Å². The van der Waals surface area contributed by atoms with E-state index >= 15 is 0 Å². The molecule has 17 heavy (non-hydrogen) atoms. The lowest BCUT2D eigenvalue weighted by Gasteiger charge is -2.21. The van der Waals surface area contributed by atoms with Gasteiger partial charge in [0.1, 0.15) is 0 Å². The van der Waals surface area contributed by atoms with Crippen molar-refractivity contribution in [2.24, 2.45) is 5.92 Å². The number of aryl methyl sites for hydroxylation is 1. The van der Waals surface area contributed by atoms with Crippen molar-refractivity contribution in [2.45, 2.75) is 40.2 Å². The molecule has 1 atom stereocenters. The maximum Gasteiger partial charge on any atom is 0.179 e. The number of imidazole rings is 1. The van der Waals surface area contributed by atoms with Crippen LogP contribution in [0.1, 0.15) is 38.9 Å². The Morgan fingerprint density at radius 3 is 2.71 bits per heavy atom. The molecule has 2 aromatic heterocycles. The summed E-state index contributed by atoms with van der Waals surface area (Å²) in [6.07, 6.45) is 1.06. The summed E-state index contributed by atoms with van der Waals surface area (Å²) in [6.45, 7) is 8.66. The van der Waals surface area contributed by atoms with Gasteiger partial charge in [-0.05, 0) is 43.6 Å². The minimum atomic E-state index is 0.408. The Morgan fingerprint density at radius 2 is 2.12 bits per heavy atom. The van der Waals surface area contributed by atoms with Gasteiger partial charge in [-0.3, -0.25) is 4.57 Å². The second-order valence-corrected chi connectivity index (χ2v) is 5.23. The summed E-state index contributed by atoms with van der Waals surface area (Å²) in [5, 5.41) is 0. The lowest BCUT2D eigenvalue weighted by molar-refractivity contribution is 0.369. The van der Waals surface area contributed by atoms with Gasteiger partial charge >= 0.3 is 0 Å². The molecule has 0 amide bonds. The van der Waals surface area contributed by atoms with Gasteiger partial charge in [0.15, 0.2) is 10.4 Å². The number of H-pyrrole nitrogens is 1. The fourth-order valence-corrected chi connectivity index (χ4v) is 2.69. The van der Waals surface area contributed by atoms with E-state index in [1.807, 2.05) is 13.0 Å². The molecular weight excluding hydrogens is 230 g/mol. The predicted octanol–water partition coefficient (Wildman–Crippen LogP) is 4.01. The van der Waals surface area contributed by atoms with Crippen molar-refractivity contribution >= 4 is 23.4 Å². The van der Waals surface area contributed by atoms with Crippen molar-refractivity contribution in [3.63, 3.8) is 0 Å². The number of pyridine rings is 1. The number of nitrogens with one attached hydrogen (secondary N) is 1. The fraction of sp³-hybridized carbons (Fsp3) is 0.538. The number of nitrogens with zero attached hydrogens (tertiary/aromatic N) is 2. The van der Waals surface area contributed by atoms with Crippen molar-refractivity contribution in [3.8, 4) is 0 Å². The molecule has 0 spiro atoms. The molecule has 3 nitrogen and oxygen atoms in total. The standard InChI is InChI=1S/C13H19N3S/c1-5-11(8(2)3)16-12-10(15-13(16)17)7-6-9(4)14-12/h6-8,11H,5H2,1-4H3,(H,15,17). The zero-order chi connectivity index (χ0) is 12.6. The van der Waals surface area contributed by atoms with Crippen LogP contribution in [0.3, 0.4) is 0 Å². The van der Waals surface area contributed by atoms with Gasteiger partial charge in [0.2, 0.25) is 0 Å². The van der Waals surface area contributed by atoms with Crippen LogP contribution in [-0.4, -0.2) is 14.5 Å². The SMILES string of the molecule is CCC(C(C)C)n1c(=S)[nH]c2ccc(C)nc21. The Morgan fingerprint density at radius 1 is 1.41 bits per heavy atom. The van der Waals surface area contributed by atoms with Crippen molar-refractivity contribution in [3.05, 3.63) is 22.6 Å². The van der Waals surface area contributed by atoms with E-state index in [9.17, 15) is 0 Å². The van der Waals surface area contributed by atoms with E-state index in [1.54, 1.807) is 0 Å². The van der Waals surface area contributed by atoms with Crippen molar-refractivity contribution in [1.29, 1.82) is 0 Å². The van der Waals surface area contributed by atoms with Crippen molar-refractivity contribution < 1.29 is 0 Å². The molecule has 0 radical (unpaired) electrons. The average Bonchev–Trinajstić information content (AvgIpc) is 2.56. The number of hydrogen-bond donors (Lipinski definition) is 1. The van der Waals surface area contributed by atoms with Gasteiger partial charge in [-0.15, -0.1) is 0 Å². The largest absolute Gasteiger partial charge is 0.329 e. The molecular formula is C13H19N3S. The lowest BCUT2D eigenvalue weighted by atomic mass is 10.0. The van der Waals surface area contributed by atoms with Crippen LogP contribution >= 0.6 is 12.2 Å². The van der Waals surface area contributed by atoms with Gasteiger partial charge < -0.3 is 4.98 Å². The molecule has 0 bridgehead atoms. The molecule has 0 fully saturated rings. The molecule has 92 valence electrons. The topological polar surface area (TPSA) is 33.6 Å². The van der Waals surface area contributed by atoms with Gasteiger partial charge in [0.05, 0.1) is 5.52 Å². The molecule has 4 heteroatoms. The second-order valence-electron chi connectivity index (χ2n) is 4.84. The molecule has 1 unspecified atom stereocenters. The van der Waals surface area contributed by atoms with E-state index < -0.39 is 0 Å². The number of hydrogen-bond acceptors (Lipinski definition) is 2. The molecule has 0 aromatic carbocycles. The first-order valence-electron chi connectivity index (χ1n) is 6.12. The summed E-state index contributed by atoms with van der Waals surface area (Å²) in [7, 11) is 0. The molecule has 2 heterocycles. The van der Waals surface area contributed by atoms with Gasteiger partial charge in [-0.25, -0.2) is 4.98 Å². The number of fused-ring (bicyclic) bond motifs is 1. The Bertz CT molecular complexity index is 580. The second kappa shape index (κ2) is 4.61. The molecule has 0 saturated heterocycles. The van der Waals surface area contributed by atoms with E-state index in [-0.39, 0.29) is 0 Å². The highest BCUT2D eigenvalue weighted by Gasteiger charge is 2.17. The monoisotopic (exact) mass is 249 g/mol. The fourth-order valence-electron chi connectivity index (χ4n) is 2.36. The molecule has 1 N–H and O–H groups in total. The van der Waals surface area contributed by atoms with E-state index in [2.05, 4.69) is 41.4 Å². The van der Waals surface area contributed by atoms with Crippen LogP contribution in [-0.2, 0) is 0 Å². The summed E-state index contributed by atoms with van der Waals surface area (Å²) in [5.41, 5.74) is 3.04. The van der Waals surface area contributed by atoms with E-state index in [0.29, 0.717) is 12.0 Å². The zero-order valence-electron chi connectivity index (χ0n) is 10.8. The third kappa shape index (κ3) is 2.14. The Labute approximate surface area is 107 Å². The summed E-state index contributed by atoms with van der Waals surface area (Å²) in [4.78, 5) is 7.85. The predicted molar refractivity (Wildman–Crippen MR) is 73.8 cm³/mol. The summed E-state index contributed by atoms with van der Waals surface area (Å²) >= 11 is 5.43. The van der Waals surface area contributed by atoms with Gasteiger partial charge in [0.25, 0.3) is 0 Å². The highest BCUT2D eigenvalue weighted by Crippen LogP contribution is 2.26.